The van der Waals surface area contributed by atoms with Crippen LogP contribution in [0, 0.1) is 25.2 Å². The molecule has 0 aromatic heterocycles. The molecule has 25 heavy (non-hydrogen) atoms. The molecule has 1 saturated carbocycles. The van der Waals surface area contributed by atoms with Gasteiger partial charge >= 0.3 is 35.6 Å². The van der Waals surface area contributed by atoms with Crippen molar-refractivity contribution in [1.82, 2.24) is 4.57 Å². The van der Waals surface area contributed by atoms with Gasteiger partial charge in [-0.2, -0.15) is 0 Å². The van der Waals surface area contributed by atoms with Crippen LogP contribution in [0.25, 0.3) is 10.6 Å². The number of hydrogen-bond acceptors (Lipinski definition) is 1. The third-order valence-corrected chi connectivity index (χ3v) is 10.6. The van der Waals surface area contributed by atoms with Crippen molar-refractivity contribution < 1.29 is 17.0 Å². The Kier molecular flexibility index (Phi) is 9.97. The van der Waals surface area contributed by atoms with Crippen LogP contribution < -0.4 is 0 Å². The molecule has 2 aliphatic carbocycles. The molecule has 0 spiro atoms. The molecule has 140 valence electrons. The molecule has 0 N–H and O–H groups in total. The molecular formula is C18H32Cl2N3SiTi+. The Morgan fingerprint density at radius 1 is 1.12 bits per heavy atom. The van der Waals surface area contributed by atoms with Gasteiger partial charge in [0, 0.05) is 0 Å². The number of fused-ring (bicyclic) bond motifs is 1. The van der Waals surface area contributed by atoms with Crippen LogP contribution in [0.4, 0.5) is 0 Å². The van der Waals surface area contributed by atoms with Crippen LogP contribution in [0.5, 0.6) is 0 Å². The fourth-order valence-corrected chi connectivity index (χ4v) is 9.28. The summed E-state index contributed by atoms with van der Waals surface area (Å²) in [6.07, 6.45) is 6.09. The van der Waals surface area contributed by atoms with Gasteiger partial charge in [-0.3, -0.25) is 6.67 Å². The van der Waals surface area contributed by atoms with Crippen LogP contribution in [0.2, 0.25) is 18.6 Å². The molecule has 0 bridgehead atoms. The monoisotopic (exact) mass is 436 g/mol. The van der Waals surface area contributed by atoms with Gasteiger partial charge in [0.05, 0.1) is 0 Å². The molecule has 7 heteroatoms. The molecule has 3 aliphatic rings. The van der Waals surface area contributed by atoms with Crippen molar-refractivity contribution in [1.29, 1.82) is 0 Å². The zero-order chi connectivity index (χ0) is 17.9. The Morgan fingerprint density at radius 2 is 1.64 bits per heavy atom. The quantitative estimate of drug-likeness (QED) is 0.358. The fraction of sp³-hybridized carbons (Fsp3) is 0.722. The van der Waals surface area contributed by atoms with E-state index in [4.69, 9.17) is 18.6 Å². The molecule has 0 amide bonds. The van der Waals surface area contributed by atoms with Crippen LogP contribution in [0.15, 0.2) is 23.3 Å². The molecule has 4 atom stereocenters. The van der Waals surface area contributed by atoms with E-state index in [9.17, 15) is 0 Å². The second kappa shape index (κ2) is 10.4. The second-order valence-corrected chi connectivity index (χ2v) is 15.0. The SMILES string of the molecule is CC1=CC=C(C)C2C1CC(C)C2[Si](C)(C)N1C[N-]C[N-]C1.[CH3-].[Cl][Ti+4][Cl]. The van der Waals surface area contributed by atoms with Crippen LogP contribution in [-0.4, -0.2) is 32.8 Å². The van der Waals surface area contributed by atoms with Crippen LogP contribution in [-0.2, 0) is 17.0 Å². The summed E-state index contributed by atoms with van der Waals surface area (Å²) in [6.45, 7) is 14.8. The normalized spacial score (nSPS) is 32.8. The van der Waals surface area contributed by atoms with E-state index < -0.39 is 25.3 Å². The molecule has 1 saturated heterocycles. The second-order valence-electron chi connectivity index (χ2n) is 7.83. The molecule has 0 aromatic rings. The number of halogens is 2. The van der Waals surface area contributed by atoms with E-state index in [2.05, 4.69) is 61.2 Å². The first-order valence-electron chi connectivity index (χ1n) is 8.67. The Hall–Kier alpha value is 0.871. The van der Waals surface area contributed by atoms with Gasteiger partial charge in [-0.1, -0.05) is 43.3 Å². The van der Waals surface area contributed by atoms with Crippen molar-refractivity contribution in [2.24, 2.45) is 17.8 Å². The van der Waals surface area contributed by atoms with Gasteiger partial charge in [-0.25, -0.2) is 0 Å². The summed E-state index contributed by atoms with van der Waals surface area (Å²) >= 11 is -0.556. The zero-order valence-electron chi connectivity index (χ0n) is 16.4. The number of hydrogen-bond donors (Lipinski definition) is 0. The Morgan fingerprint density at radius 3 is 2.20 bits per heavy atom. The van der Waals surface area contributed by atoms with Crippen molar-refractivity contribution >= 4 is 26.8 Å². The summed E-state index contributed by atoms with van der Waals surface area (Å²) in [7, 11) is 8.24. The van der Waals surface area contributed by atoms with Gasteiger partial charge in [0.25, 0.3) is 0 Å². The van der Waals surface area contributed by atoms with Crippen LogP contribution in [0.3, 0.4) is 0 Å². The van der Waals surface area contributed by atoms with Crippen LogP contribution >= 0.6 is 18.6 Å². The van der Waals surface area contributed by atoms with Crippen molar-refractivity contribution in [2.75, 3.05) is 20.0 Å². The molecule has 2 fully saturated rings. The van der Waals surface area contributed by atoms with E-state index in [-0.39, 0.29) is 7.43 Å². The zero-order valence-corrected chi connectivity index (χ0v) is 20.5. The number of nitrogens with zero attached hydrogens (tertiary/aromatic N) is 3. The molecule has 3 nitrogen and oxygen atoms in total. The van der Waals surface area contributed by atoms with Crippen LogP contribution in [0.1, 0.15) is 27.2 Å². The summed E-state index contributed by atoms with van der Waals surface area (Å²) in [5.74, 6) is 2.35. The Balaban J connectivity index is 0.000000730. The minimum absolute atomic E-state index is 0. The number of allylic oxidation sites excluding steroid dienone is 4. The average molecular weight is 437 g/mol. The van der Waals surface area contributed by atoms with Gasteiger partial charge < -0.3 is 22.6 Å². The molecule has 0 radical (unpaired) electrons. The predicted molar refractivity (Wildman–Crippen MR) is 111 cm³/mol. The molecule has 3 rings (SSSR count). The average Bonchev–Trinajstić information content (AvgIpc) is 2.92. The summed E-state index contributed by atoms with van der Waals surface area (Å²) in [6, 6.07) is 0. The minimum atomic E-state index is -1.53. The molecule has 4 unspecified atom stereocenters. The predicted octanol–water partition coefficient (Wildman–Crippen LogP) is 6.50. The molecular weight excluding hydrogens is 405 g/mol. The van der Waals surface area contributed by atoms with E-state index in [1.54, 1.807) is 11.1 Å². The van der Waals surface area contributed by atoms with Gasteiger partial charge in [-0.05, 0) is 43.6 Å². The molecule has 0 aromatic carbocycles. The van der Waals surface area contributed by atoms with E-state index >= 15 is 0 Å². The molecule has 1 aliphatic heterocycles. The summed E-state index contributed by atoms with van der Waals surface area (Å²) in [4.78, 5) is 0. The Bertz CT molecular complexity index is 493. The van der Waals surface area contributed by atoms with E-state index in [1.807, 2.05) is 0 Å². The number of rotatable bonds is 2. The molecule has 1 heterocycles. The van der Waals surface area contributed by atoms with Gasteiger partial charge in [0.2, 0.25) is 0 Å². The first-order valence-corrected chi connectivity index (χ1v) is 16.0. The summed E-state index contributed by atoms with van der Waals surface area (Å²) in [5.41, 5.74) is 4.02. The van der Waals surface area contributed by atoms with Crippen molar-refractivity contribution in [3.8, 4) is 0 Å². The van der Waals surface area contributed by atoms with Gasteiger partial charge in [-0.15, -0.1) is 13.3 Å². The van der Waals surface area contributed by atoms with Crippen molar-refractivity contribution in [2.45, 2.75) is 45.8 Å². The first-order chi connectivity index (χ1) is 11.3. The van der Waals surface area contributed by atoms with E-state index in [0.717, 1.165) is 36.6 Å². The Labute approximate surface area is 172 Å². The topological polar surface area (TPSA) is 31.4 Å². The third-order valence-electron chi connectivity index (χ3n) is 6.15. The van der Waals surface area contributed by atoms with E-state index in [1.165, 1.54) is 6.42 Å². The van der Waals surface area contributed by atoms with E-state index in [0.29, 0.717) is 6.67 Å². The fourth-order valence-electron chi connectivity index (χ4n) is 5.02. The maximum atomic E-state index is 4.89. The maximum absolute atomic E-state index is 4.89. The third kappa shape index (κ3) is 5.23. The van der Waals surface area contributed by atoms with Gasteiger partial charge in [0.15, 0.2) is 0 Å². The van der Waals surface area contributed by atoms with Gasteiger partial charge in [0.1, 0.15) is 8.24 Å². The summed E-state index contributed by atoms with van der Waals surface area (Å²) < 4.78 is 2.61. The first kappa shape index (κ1) is 23.9. The summed E-state index contributed by atoms with van der Waals surface area (Å²) in [5, 5.41) is 9.05. The van der Waals surface area contributed by atoms with Crippen molar-refractivity contribution in [3.63, 3.8) is 0 Å². The standard InChI is InChI=1S/C17H29N3Si.CH3.2ClH.Ti/c1-12-6-7-13(2)16-15(12)8-14(3)17(16)21(4,5)20-10-18-9-19-11-20;;;;/h6-7,14-17H,8-11H2,1-5H3;1H3;2*1H;/q-2;-1;;;+6/p-2. The van der Waals surface area contributed by atoms with Crippen molar-refractivity contribution in [3.05, 3.63) is 41.4 Å².